The summed E-state index contributed by atoms with van der Waals surface area (Å²) in [7, 11) is -3.43. The number of hydrogen-bond donors (Lipinski definition) is 2. The number of nitrogens with one attached hydrogen (secondary N) is 2. The van der Waals surface area contributed by atoms with Crippen molar-refractivity contribution in [3.05, 3.63) is 18.2 Å². The number of carbonyl (C=O) groups is 3. The molecule has 142 valence electrons. The summed E-state index contributed by atoms with van der Waals surface area (Å²) < 4.78 is 29.1. The number of nitrogens with zero attached hydrogens (tertiary/aromatic N) is 1. The van der Waals surface area contributed by atoms with Gasteiger partial charge in [-0.2, -0.15) is 0 Å². The maximum Gasteiger partial charge on any atom is 0.331 e. The number of hydrogen-bond acceptors (Lipinski definition) is 7. The minimum absolute atomic E-state index is 0.0647. The van der Waals surface area contributed by atoms with E-state index in [2.05, 4.69) is 10.6 Å². The monoisotopic (exact) mass is 383 g/mol. The average molecular weight is 383 g/mol. The van der Waals surface area contributed by atoms with Gasteiger partial charge in [0, 0.05) is 19.2 Å². The molecule has 0 fully saturated rings. The Morgan fingerprint density at radius 3 is 2.81 bits per heavy atom. The Hall–Kier alpha value is -2.62. The Balaban J connectivity index is 2.07. The van der Waals surface area contributed by atoms with E-state index in [9.17, 15) is 22.8 Å². The SMILES string of the molecule is CCS(=O)(=O)c1ccc2c(c1)OC(=O)CN2CC(=O)NCCCNC=O. The van der Waals surface area contributed by atoms with E-state index in [-0.39, 0.29) is 35.4 Å². The van der Waals surface area contributed by atoms with Gasteiger partial charge in [-0.25, -0.2) is 13.2 Å². The molecule has 1 aromatic carbocycles. The van der Waals surface area contributed by atoms with Crippen LogP contribution in [0.15, 0.2) is 23.1 Å². The molecule has 0 saturated carbocycles. The zero-order valence-corrected chi connectivity index (χ0v) is 15.2. The normalized spacial score (nSPS) is 13.6. The molecule has 10 heteroatoms. The fourth-order valence-corrected chi connectivity index (χ4v) is 3.34. The lowest BCUT2D eigenvalue weighted by molar-refractivity contribution is -0.133. The van der Waals surface area contributed by atoms with Crippen molar-refractivity contribution in [3.63, 3.8) is 0 Å². The lowest BCUT2D eigenvalue weighted by atomic mass is 10.2. The van der Waals surface area contributed by atoms with Gasteiger partial charge in [-0.05, 0) is 18.6 Å². The molecule has 2 rings (SSSR count). The first-order chi connectivity index (χ1) is 12.4. The van der Waals surface area contributed by atoms with Crippen molar-refractivity contribution in [2.75, 3.05) is 36.8 Å². The van der Waals surface area contributed by atoms with Crippen LogP contribution < -0.4 is 20.3 Å². The molecular weight excluding hydrogens is 362 g/mol. The van der Waals surface area contributed by atoms with Gasteiger partial charge in [0.1, 0.15) is 6.54 Å². The lowest BCUT2D eigenvalue weighted by Gasteiger charge is -2.29. The third kappa shape index (κ3) is 4.94. The van der Waals surface area contributed by atoms with E-state index in [4.69, 9.17) is 4.74 Å². The second-order valence-corrected chi connectivity index (χ2v) is 7.92. The Bertz CT molecular complexity index is 793. The number of benzene rings is 1. The van der Waals surface area contributed by atoms with Crippen LogP contribution in [0.3, 0.4) is 0 Å². The van der Waals surface area contributed by atoms with Crippen LogP contribution in [0.5, 0.6) is 5.75 Å². The first-order valence-corrected chi connectivity index (χ1v) is 9.78. The predicted molar refractivity (Wildman–Crippen MR) is 93.7 cm³/mol. The molecule has 26 heavy (non-hydrogen) atoms. The van der Waals surface area contributed by atoms with E-state index in [1.54, 1.807) is 0 Å². The largest absolute Gasteiger partial charge is 0.423 e. The molecule has 2 amide bonds. The number of rotatable bonds is 9. The first-order valence-electron chi connectivity index (χ1n) is 8.13. The van der Waals surface area contributed by atoms with Crippen molar-refractivity contribution in [3.8, 4) is 5.75 Å². The molecule has 0 saturated heterocycles. The van der Waals surface area contributed by atoms with Crippen molar-refractivity contribution in [1.29, 1.82) is 0 Å². The van der Waals surface area contributed by atoms with Crippen LogP contribution in [-0.2, 0) is 24.2 Å². The summed E-state index contributed by atoms with van der Waals surface area (Å²) in [6, 6.07) is 4.28. The molecule has 1 aliphatic heterocycles. The predicted octanol–water partition coefficient (Wildman–Crippen LogP) is -0.542. The maximum atomic E-state index is 12.0. The molecule has 2 N–H and O–H groups in total. The Kier molecular flexibility index (Phi) is 6.56. The second kappa shape index (κ2) is 8.65. The van der Waals surface area contributed by atoms with Crippen molar-refractivity contribution >= 4 is 33.8 Å². The molecule has 0 atom stereocenters. The van der Waals surface area contributed by atoms with E-state index in [0.717, 1.165) is 0 Å². The number of fused-ring (bicyclic) bond motifs is 1. The van der Waals surface area contributed by atoms with Crippen molar-refractivity contribution in [2.24, 2.45) is 0 Å². The minimum Gasteiger partial charge on any atom is -0.423 e. The molecule has 0 bridgehead atoms. The fraction of sp³-hybridized carbons (Fsp3) is 0.438. The molecule has 1 aliphatic rings. The van der Waals surface area contributed by atoms with Gasteiger partial charge in [0.25, 0.3) is 0 Å². The number of sulfone groups is 1. The Morgan fingerprint density at radius 1 is 1.35 bits per heavy atom. The third-order valence-electron chi connectivity index (χ3n) is 3.79. The van der Waals surface area contributed by atoms with Crippen LogP contribution >= 0.6 is 0 Å². The molecule has 1 heterocycles. The zero-order valence-electron chi connectivity index (χ0n) is 14.4. The van der Waals surface area contributed by atoms with Crippen molar-refractivity contribution < 1.29 is 27.5 Å². The van der Waals surface area contributed by atoms with Gasteiger partial charge in [-0.15, -0.1) is 0 Å². The average Bonchev–Trinajstić information content (AvgIpc) is 2.60. The summed E-state index contributed by atoms with van der Waals surface area (Å²) in [6.45, 7) is 2.20. The number of carbonyl (C=O) groups excluding carboxylic acids is 3. The van der Waals surface area contributed by atoms with Gasteiger partial charge in [0.05, 0.1) is 22.9 Å². The fourth-order valence-electron chi connectivity index (χ4n) is 2.44. The summed E-state index contributed by atoms with van der Waals surface area (Å²) >= 11 is 0. The molecule has 1 aromatic rings. The highest BCUT2D eigenvalue weighted by atomic mass is 32.2. The van der Waals surface area contributed by atoms with Gasteiger partial charge in [0.15, 0.2) is 15.6 Å². The standard InChI is InChI=1S/C16H21N3O6S/c1-2-26(23,24)12-4-5-13-14(8-12)25-16(22)10-19(13)9-15(21)18-7-3-6-17-11-20/h4-5,8,11H,2-3,6-7,9-10H2,1H3,(H,17,20)(H,18,21). The molecule has 9 nitrogen and oxygen atoms in total. The highest BCUT2D eigenvalue weighted by Gasteiger charge is 2.27. The van der Waals surface area contributed by atoms with Gasteiger partial charge in [-0.3, -0.25) is 9.59 Å². The summed E-state index contributed by atoms with van der Waals surface area (Å²) in [4.78, 5) is 35.6. The quantitative estimate of drug-likeness (QED) is 0.254. The van der Waals surface area contributed by atoms with Gasteiger partial charge >= 0.3 is 5.97 Å². The van der Waals surface area contributed by atoms with Gasteiger partial charge in [0.2, 0.25) is 12.3 Å². The summed E-state index contributed by atoms with van der Waals surface area (Å²) in [5.74, 6) is -0.794. The van der Waals surface area contributed by atoms with Crippen LogP contribution in [0.25, 0.3) is 0 Å². The number of ether oxygens (including phenoxy) is 1. The molecule has 0 aliphatic carbocycles. The maximum absolute atomic E-state index is 12.0. The zero-order chi connectivity index (χ0) is 19.2. The van der Waals surface area contributed by atoms with E-state index in [1.807, 2.05) is 0 Å². The Labute approximate surface area is 151 Å². The highest BCUT2D eigenvalue weighted by molar-refractivity contribution is 7.91. The third-order valence-corrected chi connectivity index (χ3v) is 5.52. The van der Waals surface area contributed by atoms with Crippen molar-refractivity contribution in [2.45, 2.75) is 18.2 Å². The van der Waals surface area contributed by atoms with Crippen molar-refractivity contribution in [1.82, 2.24) is 10.6 Å². The first kappa shape index (κ1) is 19.7. The van der Waals surface area contributed by atoms with Crippen LogP contribution in [0.2, 0.25) is 0 Å². The molecular formula is C16H21N3O6S. The van der Waals surface area contributed by atoms with Crippen LogP contribution in [0.1, 0.15) is 13.3 Å². The lowest BCUT2D eigenvalue weighted by Crippen LogP contribution is -2.43. The number of anilines is 1. The summed E-state index contributed by atoms with van der Waals surface area (Å²) in [5, 5.41) is 5.19. The van der Waals surface area contributed by atoms with Crippen LogP contribution in [0.4, 0.5) is 5.69 Å². The van der Waals surface area contributed by atoms with E-state index in [0.29, 0.717) is 31.6 Å². The van der Waals surface area contributed by atoms with E-state index < -0.39 is 15.8 Å². The summed E-state index contributed by atoms with van der Waals surface area (Å²) in [5.41, 5.74) is 0.484. The number of amides is 2. The molecule has 0 spiro atoms. The molecule has 0 radical (unpaired) electrons. The van der Waals surface area contributed by atoms with Gasteiger partial charge < -0.3 is 20.3 Å². The van der Waals surface area contributed by atoms with E-state index >= 15 is 0 Å². The topological polar surface area (TPSA) is 122 Å². The molecule has 0 unspecified atom stereocenters. The van der Waals surface area contributed by atoms with Crippen LogP contribution in [-0.4, -0.2) is 58.6 Å². The number of esters is 1. The highest BCUT2D eigenvalue weighted by Crippen LogP contribution is 2.34. The summed E-state index contributed by atoms with van der Waals surface area (Å²) in [6.07, 6.45) is 1.17. The smallest absolute Gasteiger partial charge is 0.331 e. The van der Waals surface area contributed by atoms with Crippen LogP contribution in [0, 0.1) is 0 Å². The van der Waals surface area contributed by atoms with Gasteiger partial charge in [-0.1, -0.05) is 6.92 Å². The van der Waals surface area contributed by atoms with E-state index in [1.165, 1.54) is 30.0 Å². The molecule has 0 aromatic heterocycles. The minimum atomic E-state index is -3.43. The second-order valence-electron chi connectivity index (χ2n) is 5.64. The Morgan fingerprint density at radius 2 is 2.12 bits per heavy atom.